The van der Waals surface area contributed by atoms with E-state index in [1.807, 2.05) is 12.1 Å². The van der Waals surface area contributed by atoms with Gasteiger partial charge in [0.15, 0.2) is 0 Å². The third-order valence-electron chi connectivity index (χ3n) is 3.35. The molecule has 2 nitrogen and oxygen atoms in total. The van der Waals surface area contributed by atoms with Crippen LogP contribution in [-0.4, -0.2) is 29.6 Å². The fourth-order valence-electron chi connectivity index (χ4n) is 2.35. The summed E-state index contributed by atoms with van der Waals surface area (Å²) in [6.45, 7) is 2.33. The highest BCUT2D eigenvalue weighted by Gasteiger charge is 2.26. The number of likely N-dealkylation sites (tertiary alicyclic amines) is 1. The zero-order chi connectivity index (χ0) is 12.5. The lowest BCUT2D eigenvalue weighted by Crippen LogP contribution is -2.46. The first-order chi connectivity index (χ1) is 8.74. The molecule has 0 unspecified atom stereocenters. The predicted molar refractivity (Wildman–Crippen MR) is 74.2 cm³/mol. The van der Waals surface area contributed by atoms with Crippen LogP contribution >= 0.6 is 15.9 Å². The predicted octanol–water partition coefficient (Wildman–Crippen LogP) is 3.40. The molecule has 1 aromatic heterocycles. The molecule has 2 heterocycles. The molecule has 94 valence electrons. The maximum absolute atomic E-state index is 12.4. The minimum atomic E-state index is -0.200. The molecule has 4 heteroatoms. The fraction of sp³-hybridized carbons (Fsp3) is 0.357. The Morgan fingerprint density at radius 2 is 2.06 bits per heavy atom. The zero-order valence-electron chi connectivity index (χ0n) is 9.94. The first-order valence-electron chi connectivity index (χ1n) is 6.08. The van der Waals surface area contributed by atoms with E-state index in [1.54, 1.807) is 0 Å². The molecule has 0 aliphatic carbocycles. The molecule has 18 heavy (non-hydrogen) atoms. The second kappa shape index (κ2) is 4.94. The Bertz CT molecular complexity index is 567. The third-order valence-corrected chi connectivity index (χ3v) is 3.84. The van der Waals surface area contributed by atoms with Crippen molar-refractivity contribution in [1.29, 1.82) is 0 Å². The van der Waals surface area contributed by atoms with Crippen LogP contribution in [0.4, 0.5) is 4.39 Å². The van der Waals surface area contributed by atoms with Gasteiger partial charge in [0.25, 0.3) is 0 Å². The first-order valence-corrected chi connectivity index (χ1v) is 6.87. The average Bonchev–Trinajstić information content (AvgIpc) is 2.32. The lowest BCUT2D eigenvalue weighted by molar-refractivity contribution is 0.0727. The van der Waals surface area contributed by atoms with Gasteiger partial charge in [0.1, 0.15) is 0 Å². The molecular weight excluding hydrogens is 295 g/mol. The normalized spacial score (nSPS) is 17.0. The van der Waals surface area contributed by atoms with E-state index in [4.69, 9.17) is 0 Å². The fourth-order valence-corrected chi connectivity index (χ4v) is 2.70. The Morgan fingerprint density at radius 3 is 2.83 bits per heavy atom. The maximum Gasteiger partial charge on any atom is 0.0947 e. The first kappa shape index (κ1) is 12.1. The van der Waals surface area contributed by atoms with Gasteiger partial charge in [-0.15, -0.1) is 0 Å². The number of hydrogen-bond donors (Lipinski definition) is 0. The van der Waals surface area contributed by atoms with Gasteiger partial charge in [-0.2, -0.15) is 0 Å². The SMILES string of the molecule is FCC1CN(Cc2ccc3ccc(Br)cc3n2)C1. The molecule has 0 amide bonds. The Hall–Kier alpha value is -1.00. The lowest BCUT2D eigenvalue weighted by Gasteiger charge is -2.37. The Morgan fingerprint density at radius 1 is 1.28 bits per heavy atom. The van der Waals surface area contributed by atoms with Gasteiger partial charge >= 0.3 is 0 Å². The number of benzene rings is 1. The van der Waals surface area contributed by atoms with Gasteiger partial charge in [-0.05, 0) is 18.2 Å². The molecule has 1 aliphatic rings. The second-order valence-electron chi connectivity index (χ2n) is 4.85. The number of nitrogens with zero attached hydrogens (tertiary/aromatic N) is 2. The van der Waals surface area contributed by atoms with Crippen molar-refractivity contribution in [3.63, 3.8) is 0 Å². The van der Waals surface area contributed by atoms with Crippen molar-refractivity contribution >= 4 is 26.8 Å². The van der Waals surface area contributed by atoms with Crippen molar-refractivity contribution in [2.75, 3.05) is 19.8 Å². The number of halogens is 2. The Kier molecular flexibility index (Phi) is 3.31. The average molecular weight is 309 g/mol. The maximum atomic E-state index is 12.4. The molecule has 0 radical (unpaired) electrons. The van der Waals surface area contributed by atoms with Crippen LogP contribution in [0.5, 0.6) is 0 Å². The summed E-state index contributed by atoms with van der Waals surface area (Å²) in [5.74, 6) is 0.236. The second-order valence-corrected chi connectivity index (χ2v) is 5.77. The van der Waals surface area contributed by atoms with Crippen LogP contribution in [0, 0.1) is 5.92 Å². The van der Waals surface area contributed by atoms with Gasteiger partial charge < -0.3 is 0 Å². The molecule has 2 aromatic rings. The van der Waals surface area contributed by atoms with Gasteiger partial charge in [0, 0.05) is 35.4 Å². The number of aromatic nitrogens is 1. The number of alkyl halides is 1. The van der Waals surface area contributed by atoms with Crippen LogP contribution in [0.1, 0.15) is 5.69 Å². The van der Waals surface area contributed by atoms with E-state index in [0.29, 0.717) is 0 Å². The van der Waals surface area contributed by atoms with Crippen molar-refractivity contribution in [3.8, 4) is 0 Å². The van der Waals surface area contributed by atoms with Gasteiger partial charge in [0.05, 0.1) is 17.9 Å². The van der Waals surface area contributed by atoms with E-state index in [1.165, 1.54) is 0 Å². The van der Waals surface area contributed by atoms with Crippen LogP contribution in [0.3, 0.4) is 0 Å². The van der Waals surface area contributed by atoms with Crippen molar-refractivity contribution in [1.82, 2.24) is 9.88 Å². The number of pyridine rings is 1. The molecule has 0 atom stereocenters. The van der Waals surface area contributed by atoms with Crippen molar-refractivity contribution in [2.45, 2.75) is 6.54 Å². The van der Waals surface area contributed by atoms with E-state index in [-0.39, 0.29) is 12.6 Å². The van der Waals surface area contributed by atoms with Crippen molar-refractivity contribution in [2.24, 2.45) is 5.92 Å². The van der Waals surface area contributed by atoms with Crippen molar-refractivity contribution in [3.05, 3.63) is 40.5 Å². The van der Waals surface area contributed by atoms with Gasteiger partial charge in [-0.3, -0.25) is 14.3 Å². The molecule has 0 spiro atoms. The topological polar surface area (TPSA) is 16.1 Å². The molecular formula is C14H14BrFN2. The summed E-state index contributed by atoms with van der Waals surface area (Å²) >= 11 is 3.46. The van der Waals surface area contributed by atoms with E-state index >= 15 is 0 Å². The minimum Gasteiger partial charge on any atom is -0.297 e. The van der Waals surface area contributed by atoms with E-state index in [9.17, 15) is 4.39 Å². The molecule has 0 N–H and O–H groups in total. The molecule has 1 aliphatic heterocycles. The highest BCUT2D eigenvalue weighted by molar-refractivity contribution is 9.10. The standard InChI is InChI=1S/C14H14BrFN2/c15-12-3-1-11-2-4-13(17-14(11)5-12)9-18-7-10(6-16)8-18/h1-5,10H,6-9H2. The van der Waals surface area contributed by atoms with Crippen LogP contribution in [0.15, 0.2) is 34.8 Å². The number of rotatable bonds is 3. The van der Waals surface area contributed by atoms with Crippen LogP contribution in [0.2, 0.25) is 0 Å². The molecule has 1 saturated heterocycles. The van der Waals surface area contributed by atoms with Crippen LogP contribution in [0.25, 0.3) is 10.9 Å². The van der Waals surface area contributed by atoms with Crippen molar-refractivity contribution < 1.29 is 4.39 Å². The summed E-state index contributed by atoms with van der Waals surface area (Å²) in [6.07, 6.45) is 0. The summed E-state index contributed by atoms with van der Waals surface area (Å²) < 4.78 is 13.4. The van der Waals surface area contributed by atoms with Gasteiger partial charge in [-0.1, -0.05) is 28.1 Å². The van der Waals surface area contributed by atoms with E-state index in [0.717, 1.165) is 40.7 Å². The molecule has 3 rings (SSSR count). The third kappa shape index (κ3) is 2.40. The Labute approximate surface area is 114 Å². The quantitative estimate of drug-likeness (QED) is 0.864. The van der Waals surface area contributed by atoms with E-state index < -0.39 is 0 Å². The highest BCUT2D eigenvalue weighted by Crippen LogP contribution is 2.21. The number of hydrogen-bond acceptors (Lipinski definition) is 2. The van der Waals surface area contributed by atoms with E-state index in [2.05, 4.69) is 44.0 Å². The summed E-state index contributed by atoms with van der Waals surface area (Å²) in [4.78, 5) is 6.88. The molecule has 1 fully saturated rings. The summed E-state index contributed by atoms with van der Waals surface area (Å²) in [6, 6.07) is 10.2. The van der Waals surface area contributed by atoms with Gasteiger partial charge in [0.2, 0.25) is 0 Å². The summed E-state index contributed by atoms with van der Waals surface area (Å²) in [5, 5.41) is 1.15. The highest BCUT2D eigenvalue weighted by atomic mass is 79.9. The summed E-state index contributed by atoms with van der Waals surface area (Å²) in [7, 11) is 0. The molecule has 0 bridgehead atoms. The van der Waals surface area contributed by atoms with Crippen LogP contribution in [-0.2, 0) is 6.54 Å². The monoisotopic (exact) mass is 308 g/mol. The molecule has 0 saturated carbocycles. The Balaban J connectivity index is 1.77. The lowest BCUT2D eigenvalue weighted by atomic mass is 10.0. The van der Waals surface area contributed by atoms with Gasteiger partial charge in [-0.25, -0.2) is 0 Å². The van der Waals surface area contributed by atoms with Crippen LogP contribution < -0.4 is 0 Å². The smallest absolute Gasteiger partial charge is 0.0947 e. The summed E-state index contributed by atoms with van der Waals surface area (Å²) in [5.41, 5.74) is 2.06. The zero-order valence-corrected chi connectivity index (χ0v) is 11.5. The number of fused-ring (bicyclic) bond motifs is 1. The molecule has 1 aromatic carbocycles. The largest absolute Gasteiger partial charge is 0.297 e. The minimum absolute atomic E-state index is 0.200.